The highest BCUT2D eigenvalue weighted by molar-refractivity contribution is 5.96. The Morgan fingerprint density at radius 3 is 1.57 bits per heavy atom. The van der Waals surface area contributed by atoms with Crippen molar-refractivity contribution in [2.75, 3.05) is 13.1 Å². The molecule has 13 N–H and O–H groups in total. The van der Waals surface area contributed by atoms with Gasteiger partial charge in [-0.25, -0.2) is 4.79 Å². The van der Waals surface area contributed by atoms with Gasteiger partial charge in [-0.1, -0.05) is 32.1 Å². The number of hydrogen-bond acceptors (Lipinski definition) is 10. The molecule has 0 aliphatic heterocycles. The van der Waals surface area contributed by atoms with E-state index >= 15 is 0 Å². The topological polar surface area (TPSA) is 281 Å². The first-order chi connectivity index (χ1) is 24.1. The van der Waals surface area contributed by atoms with E-state index in [0.29, 0.717) is 44.3 Å². The summed E-state index contributed by atoms with van der Waals surface area (Å²) in [6.07, 6.45) is 4.03. The van der Waals surface area contributed by atoms with Crippen LogP contribution in [0.5, 0.6) is 5.75 Å². The Hall–Kier alpha value is -4.54. The van der Waals surface area contributed by atoms with Crippen molar-refractivity contribution in [1.82, 2.24) is 26.6 Å². The number of aliphatic carboxylic acids is 1. The number of amides is 5. The van der Waals surface area contributed by atoms with Crippen LogP contribution in [0.25, 0.3) is 0 Å². The summed E-state index contributed by atoms with van der Waals surface area (Å²) in [7, 11) is 0. The fraction of sp³-hybridized carbons (Fsp3) is 0.600. The minimum Gasteiger partial charge on any atom is -0.508 e. The quantitative estimate of drug-likeness (QED) is 0.0462. The molecule has 1 aromatic carbocycles. The second kappa shape index (κ2) is 23.8. The van der Waals surface area contributed by atoms with Crippen LogP contribution in [0.4, 0.5) is 0 Å². The molecule has 0 aromatic heterocycles. The summed E-state index contributed by atoms with van der Waals surface area (Å²) in [5, 5.41) is 32.5. The first kappa shape index (κ1) is 44.5. The lowest BCUT2D eigenvalue weighted by Gasteiger charge is -2.27. The van der Waals surface area contributed by atoms with E-state index in [9.17, 15) is 39.0 Å². The van der Waals surface area contributed by atoms with Crippen LogP contribution in [0, 0.1) is 5.92 Å². The summed E-state index contributed by atoms with van der Waals surface area (Å²) in [6.45, 7) is 9.52. The van der Waals surface area contributed by atoms with Gasteiger partial charge < -0.3 is 54.0 Å². The van der Waals surface area contributed by atoms with Crippen molar-refractivity contribution in [3.05, 3.63) is 42.5 Å². The highest BCUT2D eigenvalue weighted by atomic mass is 16.4. The number of carbonyl (C=O) groups excluding carboxylic acids is 5. The molecule has 16 heteroatoms. The van der Waals surface area contributed by atoms with E-state index in [-0.39, 0.29) is 43.8 Å². The van der Waals surface area contributed by atoms with Gasteiger partial charge in [-0.05, 0) is 95.0 Å². The summed E-state index contributed by atoms with van der Waals surface area (Å²) in [5.41, 5.74) is 17.5. The van der Waals surface area contributed by atoms with E-state index in [1.807, 2.05) is 13.8 Å². The zero-order chi connectivity index (χ0) is 38.5. The first-order valence-electron chi connectivity index (χ1n) is 17.4. The van der Waals surface area contributed by atoms with Crippen molar-refractivity contribution in [2.45, 2.75) is 115 Å². The van der Waals surface area contributed by atoms with E-state index < -0.39 is 71.8 Å². The average Bonchev–Trinajstić information content (AvgIpc) is 3.07. The highest BCUT2D eigenvalue weighted by Gasteiger charge is 2.32. The number of hydrogen-bond donors (Lipinski definition) is 10. The van der Waals surface area contributed by atoms with E-state index in [1.165, 1.54) is 25.1 Å². The van der Waals surface area contributed by atoms with Crippen molar-refractivity contribution in [3.63, 3.8) is 0 Å². The van der Waals surface area contributed by atoms with Crippen molar-refractivity contribution < 1.29 is 39.0 Å². The fourth-order valence-electron chi connectivity index (χ4n) is 5.08. The molecule has 16 nitrogen and oxygen atoms in total. The van der Waals surface area contributed by atoms with Gasteiger partial charge in [0.1, 0.15) is 36.0 Å². The molecule has 6 atom stereocenters. The molecule has 0 unspecified atom stereocenters. The molecular weight excluding hydrogens is 660 g/mol. The maximum atomic E-state index is 13.7. The third kappa shape index (κ3) is 17.3. The highest BCUT2D eigenvalue weighted by Crippen LogP contribution is 2.13. The summed E-state index contributed by atoms with van der Waals surface area (Å²) in [5.74, 6) is -4.65. The molecule has 0 saturated carbocycles. The number of carbonyl (C=O) groups is 6. The normalized spacial score (nSPS) is 14.6. The summed E-state index contributed by atoms with van der Waals surface area (Å²) < 4.78 is 0. The van der Waals surface area contributed by atoms with Gasteiger partial charge >= 0.3 is 5.97 Å². The van der Waals surface area contributed by atoms with Crippen LogP contribution in [0.15, 0.2) is 36.9 Å². The summed E-state index contributed by atoms with van der Waals surface area (Å²) in [6, 6.07) is -0.744. The molecule has 0 fully saturated rings. The molecule has 0 aliphatic rings. The molecule has 0 saturated heterocycles. The number of carboxylic acid groups (broad SMARTS) is 1. The molecule has 0 heterocycles. The lowest BCUT2D eigenvalue weighted by molar-refractivity contribution is -0.142. The Balaban J connectivity index is 3.29. The van der Waals surface area contributed by atoms with Crippen LogP contribution >= 0.6 is 0 Å². The zero-order valence-electron chi connectivity index (χ0n) is 30.0. The summed E-state index contributed by atoms with van der Waals surface area (Å²) in [4.78, 5) is 78.5. The number of aromatic hydroxyl groups is 1. The van der Waals surface area contributed by atoms with Gasteiger partial charge in [0, 0.05) is 6.42 Å². The SMILES string of the molecule is C=CC[C@H](NC(=O)[C@H](CCCCN)NC(=O)[C@H](CCCCN)NC(=O)[C@H](C)N)C(=O)N[C@@H](Cc1ccc(O)cc1)C(=O)N[C@H](CC(C)C)C(=O)O. The molecule has 1 rings (SSSR count). The third-order valence-corrected chi connectivity index (χ3v) is 7.94. The van der Waals surface area contributed by atoms with Crippen LogP contribution in [0.2, 0.25) is 0 Å². The Kier molecular flexibility index (Phi) is 20.7. The van der Waals surface area contributed by atoms with Gasteiger partial charge in [-0.15, -0.1) is 6.58 Å². The molecule has 51 heavy (non-hydrogen) atoms. The number of nitrogens with one attached hydrogen (secondary N) is 5. The molecule has 5 amide bonds. The number of phenolic OH excluding ortho intramolecular Hbond substituents is 1. The number of benzene rings is 1. The smallest absolute Gasteiger partial charge is 0.326 e. The van der Waals surface area contributed by atoms with E-state index in [0.717, 1.165) is 0 Å². The van der Waals surface area contributed by atoms with Gasteiger partial charge in [0.15, 0.2) is 0 Å². The number of carboxylic acids is 1. The van der Waals surface area contributed by atoms with Crippen LogP contribution in [0.1, 0.15) is 77.7 Å². The third-order valence-electron chi connectivity index (χ3n) is 7.94. The predicted molar refractivity (Wildman–Crippen MR) is 193 cm³/mol. The molecule has 0 spiro atoms. The summed E-state index contributed by atoms with van der Waals surface area (Å²) >= 11 is 0. The number of nitrogens with two attached hydrogens (primary N) is 3. The zero-order valence-corrected chi connectivity index (χ0v) is 30.0. The van der Waals surface area contributed by atoms with Crippen LogP contribution in [-0.2, 0) is 35.2 Å². The predicted octanol–water partition coefficient (Wildman–Crippen LogP) is -0.329. The van der Waals surface area contributed by atoms with E-state index in [1.54, 1.807) is 12.1 Å². The van der Waals surface area contributed by atoms with E-state index in [4.69, 9.17) is 17.2 Å². The minimum absolute atomic E-state index is 0.00766. The van der Waals surface area contributed by atoms with Crippen molar-refractivity contribution in [3.8, 4) is 5.75 Å². The molecule has 286 valence electrons. The number of phenols is 1. The molecule has 0 bridgehead atoms. The van der Waals surface area contributed by atoms with Crippen molar-refractivity contribution in [2.24, 2.45) is 23.1 Å². The van der Waals surface area contributed by atoms with E-state index in [2.05, 4.69) is 33.2 Å². The Bertz CT molecular complexity index is 1290. The van der Waals surface area contributed by atoms with Gasteiger partial charge in [0.05, 0.1) is 6.04 Å². The molecule has 0 aliphatic carbocycles. The maximum absolute atomic E-state index is 13.7. The average molecular weight is 719 g/mol. The molecule has 0 radical (unpaired) electrons. The van der Waals surface area contributed by atoms with Crippen LogP contribution < -0.4 is 43.8 Å². The second-order valence-electron chi connectivity index (χ2n) is 13.0. The standard InChI is InChI=1S/C35H58N8O8/c1-5-10-25(31(46)42-28(20-23-13-15-24(44)16-14-23)34(49)43-29(35(50)51)19-21(2)3)40-33(48)27(12-7-9-18-37)41-32(47)26(11-6-8-17-36)39-30(45)22(4)38/h5,13-16,21-22,25-29,44H,1,6-12,17-20,36-38H2,2-4H3,(H,39,45)(H,40,48)(H,41,47)(H,42,46)(H,43,49)(H,50,51)/t22-,25-,26-,27-,28-,29+/m0/s1. The largest absolute Gasteiger partial charge is 0.508 e. The lowest BCUT2D eigenvalue weighted by Crippen LogP contribution is -2.59. The Morgan fingerprint density at radius 1 is 0.686 bits per heavy atom. The fourth-order valence-corrected chi connectivity index (χ4v) is 5.08. The van der Waals surface area contributed by atoms with Crippen LogP contribution in [0.3, 0.4) is 0 Å². The first-order valence-corrected chi connectivity index (χ1v) is 17.4. The Labute approximate surface area is 300 Å². The molecular formula is C35H58N8O8. The van der Waals surface area contributed by atoms with Crippen molar-refractivity contribution in [1.29, 1.82) is 0 Å². The number of rotatable bonds is 25. The van der Waals surface area contributed by atoms with Gasteiger partial charge in [0.25, 0.3) is 0 Å². The van der Waals surface area contributed by atoms with Gasteiger partial charge in [0.2, 0.25) is 29.5 Å². The van der Waals surface area contributed by atoms with Gasteiger partial charge in [-0.3, -0.25) is 24.0 Å². The minimum atomic E-state index is -1.26. The lowest BCUT2D eigenvalue weighted by atomic mass is 10.0. The Morgan fingerprint density at radius 2 is 1.12 bits per heavy atom. The van der Waals surface area contributed by atoms with Gasteiger partial charge in [-0.2, -0.15) is 0 Å². The number of unbranched alkanes of at least 4 members (excludes halogenated alkanes) is 2. The monoisotopic (exact) mass is 718 g/mol. The molecule has 1 aromatic rings. The van der Waals surface area contributed by atoms with Crippen LogP contribution in [-0.4, -0.2) is 95.1 Å². The second-order valence-corrected chi connectivity index (χ2v) is 13.0. The maximum Gasteiger partial charge on any atom is 0.326 e. The van der Waals surface area contributed by atoms with Crippen molar-refractivity contribution >= 4 is 35.5 Å².